The number of benzene rings is 3. The van der Waals surface area contributed by atoms with Gasteiger partial charge in [0, 0.05) is 11.1 Å². The molecule has 248 valence electrons. The molecule has 0 amide bonds. The minimum atomic E-state index is -0.858. The Kier molecular flexibility index (Phi) is 12.6. The van der Waals surface area contributed by atoms with Gasteiger partial charge in [-0.25, -0.2) is 17.6 Å². The molecule has 46 heavy (non-hydrogen) atoms. The molecule has 0 nitrogen and oxygen atoms in total. The highest BCUT2D eigenvalue weighted by molar-refractivity contribution is 5.71. The Morgan fingerprint density at radius 2 is 1.17 bits per heavy atom. The van der Waals surface area contributed by atoms with Gasteiger partial charge in [0.05, 0.1) is 0 Å². The SMILES string of the molecule is CC=CCCC1CCC(C2CCC(c3ccc(-c4ccc(-c5ccc(CCCCCCC)c(F)c5F)cc4)c(F)c3F)CC2)CC1. The van der Waals surface area contributed by atoms with Crippen LogP contribution >= 0.6 is 0 Å². The molecular weight excluding hydrogens is 580 g/mol. The normalized spacial score (nSPS) is 22.0. The second kappa shape index (κ2) is 16.8. The first kappa shape index (κ1) is 34.5. The predicted octanol–water partition coefficient (Wildman–Crippen LogP) is 13.5. The topological polar surface area (TPSA) is 0 Å². The molecular formula is C42H52F4. The smallest absolute Gasteiger partial charge is 0.166 e. The van der Waals surface area contributed by atoms with E-state index in [-0.39, 0.29) is 17.0 Å². The van der Waals surface area contributed by atoms with Crippen molar-refractivity contribution in [3.05, 3.63) is 95.1 Å². The molecule has 2 aliphatic rings. The van der Waals surface area contributed by atoms with Crippen molar-refractivity contribution in [2.75, 3.05) is 0 Å². The van der Waals surface area contributed by atoms with E-state index in [0.717, 1.165) is 69.6 Å². The molecule has 0 saturated heterocycles. The van der Waals surface area contributed by atoms with E-state index in [1.165, 1.54) is 38.5 Å². The Morgan fingerprint density at radius 1 is 0.609 bits per heavy atom. The molecule has 0 aromatic heterocycles. The Morgan fingerprint density at radius 3 is 1.78 bits per heavy atom. The maximum atomic E-state index is 15.5. The fourth-order valence-corrected chi connectivity index (χ4v) is 8.20. The van der Waals surface area contributed by atoms with E-state index in [4.69, 9.17) is 0 Å². The molecule has 0 radical (unpaired) electrons. The van der Waals surface area contributed by atoms with Crippen molar-refractivity contribution in [2.24, 2.45) is 17.8 Å². The van der Waals surface area contributed by atoms with Crippen LogP contribution in [0.4, 0.5) is 17.6 Å². The van der Waals surface area contributed by atoms with Crippen LogP contribution in [0.25, 0.3) is 22.3 Å². The molecule has 0 atom stereocenters. The highest BCUT2D eigenvalue weighted by atomic mass is 19.2. The standard InChI is InChI=1S/C42H52F4/c1-3-5-7-8-10-12-35-25-26-36(40(44)39(35)43)33-21-23-34(24-22-33)38-28-27-37(41(45)42(38)46)32-19-17-31(18-20-32)30-15-13-29(14-16-30)11-9-6-4-2/h4,6,21-32H,3,5,7-20H2,1-2H3. The summed E-state index contributed by atoms with van der Waals surface area (Å²) >= 11 is 0. The molecule has 0 heterocycles. The summed E-state index contributed by atoms with van der Waals surface area (Å²) in [7, 11) is 0. The van der Waals surface area contributed by atoms with Gasteiger partial charge in [0.25, 0.3) is 0 Å². The van der Waals surface area contributed by atoms with E-state index in [0.29, 0.717) is 34.6 Å². The molecule has 2 fully saturated rings. The van der Waals surface area contributed by atoms with Gasteiger partial charge in [0.2, 0.25) is 0 Å². The molecule has 0 bridgehead atoms. The fourth-order valence-electron chi connectivity index (χ4n) is 8.20. The number of unbranched alkanes of at least 4 members (excludes halogenated alkanes) is 4. The molecule has 2 saturated carbocycles. The Bertz CT molecular complexity index is 1420. The molecule has 0 aliphatic heterocycles. The molecule has 4 heteroatoms. The zero-order valence-electron chi connectivity index (χ0n) is 27.9. The second-order valence-electron chi connectivity index (χ2n) is 14.0. The lowest BCUT2D eigenvalue weighted by Gasteiger charge is -2.38. The van der Waals surface area contributed by atoms with E-state index in [2.05, 4.69) is 26.0 Å². The van der Waals surface area contributed by atoms with Crippen molar-refractivity contribution in [2.45, 2.75) is 122 Å². The fraction of sp³-hybridized carbons (Fsp3) is 0.524. The van der Waals surface area contributed by atoms with Gasteiger partial charge in [0.15, 0.2) is 23.3 Å². The van der Waals surface area contributed by atoms with Crippen LogP contribution in [0.2, 0.25) is 0 Å². The number of aryl methyl sites for hydroxylation is 1. The van der Waals surface area contributed by atoms with Crippen molar-refractivity contribution in [1.29, 1.82) is 0 Å². The number of hydrogen-bond acceptors (Lipinski definition) is 0. The molecule has 0 N–H and O–H groups in total. The first-order valence-electron chi connectivity index (χ1n) is 18.1. The number of rotatable bonds is 13. The van der Waals surface area contributed by atoms with Gasteiger partial charge >= 0.3 is 0 Å². The van der Waals surface area contributed by atoms with Crippen LogP contribution in [0.3, 0.4) is 0 Å². The Balaban J connectivity index is 1.18. The van der Waals surface area contributed by atoms with Gasteiger partial charge in [-0.1, -0.05) is 106 Å². The third-order valence-electron chi connectivity index (χ3n) is 11.1. The maximum Gasteiger partial charge on any atom is 0.166 e. The van der Waals surface area contributed by atoms with Crippen molar-refractivity contribution in [3.8, 4) is 22.3 Å². The predicted molar refractivity (Wildman–Crippen MR) is 184 cm³/mol. The highest BCUT2D eigenvalue weighted by Crippen LogP contribution is 2.45. The summed E-state index contributed by atoms with van der Waals surface area (Å²) in [4.78, 5) is 0. The second-order valence-corrected chi connectivity index (χ2v) is 14.0. The van der Waals surface area contributed by atoms with Crippen LogP contribution in [0, 0.1) is 41.0 Å². The van der Waals surface area contributed by atoms with Gasteiger partial charge in [-0.2, -0.15) is 0 Å². The van der Waals surface area contributed by atoms with Crippen LogP contribution in [0.5, 0.6) is 0 Å². The summed E-state index contributed by atoms with van der Waals surface area (Å²) in [5.41, 5.74) is 2.28. The third-order valence-corrected chi connectivity index (χ3v) is 11.1. The molecule has 2 aliphatic carbocycles. The van der Waals surface area contributed by atoms with Crippen LogP contribution in [-0.2, 0) is 6.42 Å². The Hall–Kier alpha value is -2.88. The first-order chi connectivity index (χ1) is 22.4. The first-order valence-corrected chi connectivity index (χ1v) is 18.1. The lowest BCUT2D eigenvalue weighted by molar-refractivity contribution is 0.156. The number of allylic oxidation sites excluding steroid dienone is 2. The van der Waals surface area contributed by atoms with E-state index in [9.17, 15) is 4.39 Å². The number of hydrogen-bond donors (Lipinski definition) is 0. The van der Waals surface area contributed by atoms with Gasteiger partial charge < -0.3 is 0 Å². The van der Waals surface area contributed by atoms with Crippen LogP contribution in [0.1, 0.15) is 127 Å². The van der Waals surface area contributed by atoms with Crippen molar-refractivity contribution < 1.29 is 17.6 Å². The van der Waals surface area contributed by atoms with E-state index in [1.807, 2.05) is 0 Å². The molecule has 3 aromatic carbocycles. The summed E-state index contributed by atoms with van der Waals surface area (Å²) < 4.78 is 60.9. The van der Waals surface area contributed by atoms with Crippen molar-refractivity contribution in [1.82, 2.24) is 0 Å². The summed E-state index contributed by atoms with van der Waals surface area (Å²) in [6.45, 7) is 4.24. The number of halogens is 4. The van der Waals surface area contributed by atoms with E-state index in [1.54, 1.807) is 48.5 Å². The lowest BCUT2D eigenvalue weighted by Crippen LogP contribution is -2.25. The minimum absolute atomic E-state index is 0.0523. The molecule has 3 aromatic rings. The molecule has 5 rings (SSSR count). The maximum absolute atomic E-state index is 15.5. The minimum Gasteiger partial charge on any atom is -0.203 e. The van der Waals surface area contributed by atoms with Crippen LogP contribution < -0.4 is 0 Å². The average Bonchev–Trinajstić information content (AvgIpc) is 3.08. The zero-order valence-corrected chi connectivity index (χ0v) is 27.9. The molecule has 0 unspecified atom stereocenters. The van der Waals surface area contributed by atoms with Gasteiger partial charge in [-0.3, -0.25) is 0 Å². The Labute approximate surface area is 274 Å². The summed E-state index contributed by atoms with van der Waals surface area (Å²) in [6, 6.07) is 13.4. The van der Waals surface area contributed by atoms with E-state index < -0.39 is 23.3 Å². The largest absolute Gasteiger partial charge is 0.203 e. The van der Waals surface area contributed by atoms with Gasteiger partial charge in [-0.05, 0) is 117 Å². The quantitative estimate of drug-likeness (QED) is 0.0999. The average molecular weight is 633 g/mol. The van der Waals surface area contributed by atoms with Crippen LogP contribution in [-0.4, -0.2) is 0 Å². The van der Waals surface area contributed by atoms with E-state index >= 15 is 13.2 Å². The lowest BCUT2D eigenvalue weighted by atomic mass is 9.68. The van der Waals surface area contributed by atoms with Crippen molar-refractivity contribution >= 4 is 0 Å². The van der Waals surface area contributed by atoms with Crippen molar-refractivity contribution in [3.63, 3.8) is 0 Å². The summed E-state index contributed by atoms with van der Waals surface area (Å²) in [6.07, 6.45) is 22.0. The van der Waals surface area contributed by atoms with Gasteiger partial charge in [-0.15, -0.1) is 0 Å². The zero-order chi connectivity index (χ0) is 32.5. The van der Waals surface area contributed by atoms with Crippen LogP contribution in [0.15, 0.2) is 60.7 Å². The summed E-state index contributed by atoms with van der Waals surface area (Å²) in [5, 5.41) is 0. The van der Waals surface area contributed by atoms with Gasteiger partial charge in [0.1, 0.15) is 0 Å². The highest BCUT2D eigenvalue weighted by Gasteiger charge is 2.32. The summed E-state index contributed by atoms with van der Waals surface area (Å²) in [5.74, 6) is -0.815. The molecule has 0 spiro atoms. The monoisotopic (exact) mass is 632 g/mol. The third kappa shape index (κ3) is 8.33.